The summed E-state index contributed by atoms with van der Waals surface area (Å²) >= 11 is 0. The van der Waals surface area contributed by atoms with Crippen molar-refractivity contribution < 1.29 is 9.53 Å². The molecule has 0 bridgehead atoms. The third-order valence-corrected chi connectivity index (χ3v) is 4.40. The van der Waals surface area contributed by atoms with Crippen molar-refractivity contribution in [3.05, 3.63) is 84.1 Å². The molecular formula is C23H17N3O2. The van der Waals surface area contributed by atoms with Crippen molar-refractivity contribution in [2.24, 2.45) is 0 Å². The van der Waals surface area contributed by atoms with E-state index in [1.54, 1.807) is 12.1 Å². The minimum Gasteiger partial charge on any atom is -0.465 e. The Morgan fingerprint density at radius 1 is 1.07 bits per heavy atom. The van der Waals surface area contributed by atoms with Gasteiger partial charge in [-0.3, -0.25) is 4.40 Å². The van der Waals surface area contributed by atoms with E-state index in [9.17, 15) is 4.79 Å². The smallest absolute Gasteiger partial charge is 0.337 e. The lowest BCUT2D eigenvalue weighted by Crippen LogP contribution is -2.02. The van der Waals surface area contributed by atoms with Crippen LogP contribution in [0.1, 0.15) is 15.9 Å². The molecule has 2 aromatic heterocycles. The highest BCUT2D eigenvalue weighted by Gasteiger charge is 2.15. The van der Waals surface area contributed by atoms with Crippen molar-refractivity contribution in [2.45, 2.75) is 0 Å². The zero-order chi connectivity index (χ0) is 19.5. The van der Waals surface area contributed by atoms with Crippen molar-refractivity contribution in [3.63, 3.8) is 0 Å². The molecule has 0 radical (unpaired) electrons. The highest BCUT2D eigenvalue weighted by atomic mass is 16.5. The van der Waals surface area contributed by atoms with Gasteiger partial charge in [0.2, 0.25) is 0 Å². The fraction of sp³-hybridized carbons (Fsp3) is 0.0435. The number of terminal acetylenes is 1. The van der Waals surface area contributed by atoms with Gasteiger partial charge in [-0.05, 0) is 36.4 Å². The third-order valence-electron chi connectivity index (χ3n) is 4.40. The summed E-state index contributed by atoms with van der Waals surface area (Å²) in [5.41, 5.74) is 4.65. The average molecular weight is 367 g/mol. The van der Waals surface area contributed by atoms with E-state index in [1.807, 2.05) is 65.2 Å². The van der Waals surface area contributed by atoms with Crippen LogP contribution in [0.3, 0.4) is 0 Å². The summed E-state index contributed by atoms with van der Waals surface area (Å²) in [5.74, 6) is 3.08. The molecule has 0 aliphatic rings. The molecule has 0 unspecified atom stereocenters. The Bertz CT molecular complexity index is 1190. The van der Waals surface area contributed by atoms with E-state index in [2.05, 4.69) is 11.2 Å². The van der Waals surface area contributed by atoms with Gasteiger partial charge < -0.3 is 10.1 Å². The number of fused-ring (bicyclic) bond motifs is 1. The van der Waals surface area contributed by atoms with Crippen molar-refractivity contribution in [2.75, 3.05) is 12.4 Å². The second-order valence-electron chi connectivity index (χ2n) is 6.16. The van der Waals surface area contributed by atoms with Gasteiger partial charge >= 0.3 is 5.97 Å². The zero-order valence-electron chi connectivity index (χ0n) is 15.2. The van der Waals surface area contributed by atoms with Gasteiger partial charge in [-0.25, -0.2) is 9.78 Å². The number of nitrogens with zero attached hydrogens (tertiary/aromatic N) is 2. The molecule has 0 spiro atoms. The summed E-state index contributed by atoms with van der Waals surface area (Å²) < 4.78 is 6.69. The van der Waals surface area contributed by atoms with Gasteiger partial charge in [-0.15, -0.1) is 6.42 Å². The quantitative estimate of drug-likeness (QED) is 0.426. The van der Waals surface area contributed by atoms with E-state index in [-0.39, 0.29) is 5.97 Å². The molecular weight excluding hydrogens is 350 g/mol. The molecule has 1 N–H and O–H groups in total. The maximum absolute atomic E-state index is 11.7. The molecule has 0 saturated carbocycles. The van der Waals surface area contributed by atoms with Crippen LogP contribution in [0.15, 0.2) is 72.9 Å². The Hall–Kier alpha value is -4.04. The highest BCUT2D eigenvalue weighted by Crippen LogP contribution is 2.31. The van der Waals surface area contributed by atoms with E-state index < -0.39 is 0 Å². The van der Waals surface area contributed by atoms with E-state index in [4.69, 9.17) is 16.1 Å². The molecule has 0 saturated heterocycles. The molecule has 2 heterocycles. The van der Waals surface area contributed by atoms with Gasteiger partial charge in [0.15, 0.2) is 0 Å². The number of pyridine rings is 1. The molecule has 4 aromatic rings. The Morgan fingerprint density at radius 3 is 2.50 bits per heavy atom. The van der Waals surface area contributed by atoms with Crippen LogP contribution in [-0.2, 0) is 4.74 Å². The fourth-order valence-electron chi connectivity index (χ4n) is 2.99. The first-order chi connectivity index (χ1) is 13.7. The lowest BCUT2D eigenvalue weighted by Gasteiger charge is -2.10. The molecule has 0 aliphatic heterocycles. The van der Waals surface area contributed by atoms with Gasteiger partial charge in [0.05, 0.1) is 12.7 Å². The summed E-state index contributed by atoms with van der Waals surface area (Å²) in [5, 5.41) is 3.41. The lowest BCUT2D eigenvalue weighted by atomic mass is 10.1. The number of methoxy groups -OCH3 is 1. The highest BCUT2D eigenvalue weighted by molar-refractivity contribution is 5.90. The molecule has 136 valence electrons. The number of carbonyl (C=O) groups excluding carboxylic acids is 1. The monoisotopic (exact) mass is 367 g/mol. The second-order valence-corrected chi connectivity index (χ2v) is 6.16. The van der Waals surface area contributed by atoms with Crippen LogP contribution < -0.4 is 5.32 Å². The van der Waals surface area contributed by atoms with Crippen LogP contribution in [0.2, 0.25) is 0 Å². The number of rotatable bonds is 4. The number of hydrogen-bond acceptors (Lipinski definition) is 4. The van der Waals surface area contributed by atoms with Crippen LogP contribution in [0, 0.1) is 12.3 Å². The topological polar surface area (TPSA) is 55.6 Å². The molecule has 0 fully saturated rings. The number of carbonyl (C=O) groups is 1. The fourth-order valence-corrected chi connectivity index (χ4v) is 2.99. The van der Waals surface area contributed by atoms with Crippen LogP contribution >= 0.6 is 0 Å². The lowest BCUT2D eigenvalue weighted by molar-refractivity contribution is 0.0601. The predicted molar refractivity (Wildman–Crippen MR) is 110 cm³/mol. The van der Waals surface area contributed by atoms with Crippen LogP contribution in [-0.4, -0.2) is 22.5 Å². The van der Waals surface area contributed by atoms with Crippen LogP contribution in [0.4, 0.5) is 11.5 Å². The summed E-state index contributed by atoms with van der Waals surface area (Å²) in [6, 6.07) is 20.8. The molecule has 2 aromatic carbocycles. The molecule has 5 nitrogen and oxygen atoms in total. The normalized spacial score (nSPS) is 10.4. The minimum atomic E-state index is -0.370. The van der Waals surface area contributed by atoms with E-state index in [1.165, 1.54) is 7.11 Å². The number of aromatic nitrogens is 2. The number of ether oxygens (including phenoxy) is 1. The summed E-state index contributed by atoms with van der Waals surface area (Å²) in [4.78, 5) is 16.4. The van der Waals surface area contributed by atoms with E-state index in [0.29, 0.717) is 5.56 Å². The molecule has 0 aliphatic carbocycles. The largest absolute Gasteiger partial charge is 0.465 e. The minimum absolute atomic E-state index is 0.370. The zero-order valence-corrected chi connectivity index (χ0v) is 15.2. The number of benzene rings is 2. The number of hydrogen-bond donors (Lipinski definition) is 1. The number of anilines is 2. The Labute approximate surface area is 162 Å². The number of imidazole rings is 1. The predicted octanol–water partition coefficient (Wildman–Crippen LogP) is 4.51. The molecule has 0 atom stereocenters. The van der Waals surface area contributed by atoms with Gasteiger partial charge in [0.25, 0.3) is 0 Å². The molecule has 0 amide bonds. The second kappa shape index (κ2) is 7.29. The van der Waals surface area contributed by atoms with Crippen molar-refractivity contribution in [1.82, 2.24) is 9.38 Å². The summed E-state index contributed by atoms with van der Waals surface area (Å²) in [6.45, 7) is 0. The van der Waals surface area contributed by atoms with Crippen molar-refractivity contribution in [1.29, 1.82) is 0 Å². The van der Waals surface area contributed by atoms with Gasteiger partial charge in [0, 0.05) is 23.0 Å². The SMILES string of the molecule is C#Cc1ccc2nc(-c3ccccc3)c(Nc3ccc(C(=O)OC)cc3)n2c1. The molecule has 4 rings (SSSR count). The maximum atomic E-state index is 11.7. The van der Waals surface area contributed by atoms with Gasteiger partial charge in [-0.1, -0.05) is 36.3 Å². The van der Waals surface area contributed by atoms with Gasteiger partial charge in [0.1, 0.15) is 17.2 Å². The summed E-state index contributed by atoms with van der Waals surface area (Å²) in [6.07, 6.45) is 7.45. The average Bonchev–Trinajstić information content (AvgIpc) is 3.11. The summed E-state index contributed by atoms with van der Waals surface area (Å²) in [7, 11) is 1.36. The Balaban J connectivity index is 1.82. The standard InChI is InChI=1S/C23H17N3O2/c1-3-16-9-14-20-25-21(17-7-5-4-6-8-17)22(26(20)15-16)24-19-12-10-18(11-13-19)23(27)28-2/h1,4-15,24H,2H3. The van der Waals surface area contributed by atoms with Crippen LogP contribution in [0.5, 0.6) is 0 Å². The Kier molecular flexibility index (Phi) is 4.53. The number of esters is 1. The van der Waals surface area contributed by atoms with E-state index in [0.717, 1.165) is 34.0 Å². The first-order valence-corrected chi connectivity index (χ1v) is 8.69. The van der Waals surface area contributed by atoms with E-state index >= 15 is 0 Å². The molecule has 5 heteroatoms. The van der Waals surface area contributed by atoms with Crippen LogP contribution in [0.25, 0.3) is 16.9 Å². The first kappa shape index (κ1) is 17.4. The Morgan fingerprint density at radius 2 is 1.82 bits per heavy atom. The third kappa shape index (κ3) is 3.19. The molecule has 28 heavy (non-hydrogen) atoms. The van der Waals surface area contributed by atoms with Crippen molar-refractivity contribution in [3.8, 4) is 23.6 Å². The van der Waals surface area contributed by atoms with Gasteiger partial charge in [-0.2, -0.15) is 0 Å². The maximum Gasteiger partial charge on any atom is 0.337 e. The first-order valence-electron chi connectivity index (χ1n) is 8.69. The number of nitrogens with one attached hydrogen (secondary N) is 1. The van der Waals surface area contributed by atoms with Crippen molar-refractivity contribution >= 4 is 23.1 Å².